The maximum absolute atomic E-state index is 12.4. The van der Waals surface area contributed by atoms with Gasteiger partial charge in [0, 0.05) is 33.1 Å². The summed E-state index contributed by atoms with van der Waals surface area (Å²) in [5.41, 5.74) is 8.29. The molecule has 3 heteroatoms. The Morgan fingerprint density at radius 2 is 1.73 bits per heavy atom. The van der Waals surface area contributed by atoms with Gasteiger partial charge in [-0.05, 0) is 48.7 Å². The van der Waals surface area contributed by atoms with Crippen LogP contribution in [0.3, 0.4) is 0 Å². The van der Waals surface area contributed by atoms with Crippen LogP contribution in [0, 0.1) is 13.8 Å². The van der Waals surface area contributed by atoms with Gasteiger partial charge < -0.3 is 10.3 Å². The Balaban J connectivity index is 1.77. The minimum absolute atomic E-state index is 0.0417. The molecule has 0 fully saturated rings. The Labute approximate surface area is 151 Å². The van der Waals surface area contributed by atoms with Gasteiger partial charge >= 0.3 is 0 Å². The highest BCUT2D eigenvalue weighted by atomic mass is 16.2. The summed E-state index contributed by atoms with van der Waals surface area (Å²) in [6, 6.07) is 18.4. The Kier molecular flexibility index (Phi) is 3.07. The van der Waals surface area contributed by atoms with Crippen molar-refractivity contribution in [2.45, 2.75) is 13.8 Å². The number of nitrogens with one attached hydrogen (secondary N) is 2. The quantitative estimate of drug-likeness (QED) is 0.447. The van der Waals surface area contributed by atoms with Crippen LogP contribution >= 0.6 is 0 Å². The molecule has 3 aromatic carbocycles. The summed E-state index contributed by atoms with van der Waals surface area (Å²) in [5.74, 6) is -0.0417. The van der Waals surface area contributed by atoms with Gasteiger partial charge in [0.25, 0.3) is 5.91 Å². The third-order valence-electron chi connectivity index (χ3n) is 5.29. The molecule has 0 radical (unpaired) electrons. The number of para-hydroxylation sites is 2. The third-order valence-corrected chi connectivity index (χ3v) is 5.29. The van der Waals surface area contributed by atoms with Crippen molar-refractivity contribution in [2.24, 2.45) is 0 Å². The first-order valence-electron chi connectivity index (χ1n) is 8.76. The average Bonchev–Trinajstić information content (AvgIpc) is 3.18. The van der Waals surface area contributed by atoms with E-state index in [0.29, 0.717) is 0 Å². The Morgan fingerprint density at radius 1 is 0.962 bits per heavy atom. The van der Waals surface area contributed by atoms with Gasteiger partial charge in [-0.2, -0.15) is 0 Å². The lowest BCUT2D eigenvalue weighted by atomic mass is 9.96. The molecule has 0 bridgehead atoms. The van der Waals surface area contributed by atoms with Gasteiger partial charge in [0.1, 0.15) is 0 Å². The lowest BCUT2D eigenvalue weighted by Crippen LogP contribution is -2.03. The fourth-order valence-corrected chi connectivity index (χ4v) is 3.98. The van der Waals surface area contributed by atoms with Gasteiger partial charge in [-0.25, -0.2) is 0 Å². The van der Waals surface area contributed by atoms with Gasteiger partial charge in [0.15, 0.2) is 0 Å². The van der Waals surface area contributed by atoms with E-state index >= 15 is 0 Å². The van der Waals surface area contributed by atoms with Crippen LogP contribution in [0.25, 0.3) is 33.5 Å². The van der Waals surface area contributed by atoms with E-state index in [1.165, 1.54) is 16.3 Å². The topological polar surface area (TPSA) is 44.9 Å². The number of aromatic amines is 1. The first-order valence-corrected chi connectivity index (χ1v) is 8.76. The van der Waals surface area contributed by atoms with Gasteiger partial charge in [0.05, 0.1) is 5.52 Å². The Bertz CT molecular complexity index is 1240. The molecule has 126 valence electrons. The zero-order valence-electron chi connectivity index (χ0n) is 14.7. The number of aryl methyl sites for hydroxylation is 2. The van der Waals surface area contributed by atoms with Gasteiger partial charge in [-0.15, -0.1) is 0 Å². The maximum atomic E-state index is 12.4. The van der Waals surface area contributed by atoms with Crippen LogP contribution < -0.4 is 5.32 Å². The van der Waals surface area contributed by atoms with E-state index in [1.807, 2.05) is 36.4 Å². The molecule has 1 aliphatic heterocycles. The monoisotopic (exact) mass is 338 g/mol. The van der Waals surface area contributed by atoms with E-state index in [0.717, 1.165) is 39.0 Å². The Morgan fingerprint density at radius 3 is 2.62 bits per heavy atom. The standard InChI is InChI=1S/C23H18N2O/c1-13-11-15(12-18-16-7-3-5-9-19(16)25-23(18)26)14(2)22-21(13)17-8-4-6-10-20(17)24-22/h3-12,24H,1-2H3,(H,25,26)/b18-12-. The molecule has 0 unspecified atom stereocenters. The predicted octanol–water partition coefficient (Wildman–Crippen LogP) is 5.43. The van der Waals surface area contributed by atoms with Crippen LogP contribution in [-0.2, 0) is 4.79 Å². The van der Waals surface area contributed by atoms with E-state index in [-0.39, 0.29) is 5.91 Å². The van der Waals surface area contributed by atoms with Crippen molar-refractivity contribution in [3.63, 3.8) is 0 Å². The molecule has 0 aliphatic carbocycles. The number of amides is 1. The SMILES string of the molecule is Cc1c(/C=C2\C(=O)Nc3ccccc32)cc(C)c2c1[nH]c1ccccc12. The van der Waals surface area contributed by atoms with Gasteiger partial charge in [0.2, 0.25) is 0 Å². The van der Waals surface area contributed by atoms with Crippen LogP contribution in [0.2, 0.25) is 0 Å². The molecular weight excluding hydrogens is 320 g/mol. The molecule has 2 N–H and O–H groups in total. The first kappa shape index (κ1) is 15.0. The minimum Gasteiger partial charge on any atom is -0.354 e. The number of fused-ring (bicyclic) bond motifs is 4. The number of hydrogen-bond acceptors (Lipinski definition) is 1. The van der Waals surface area contributed by atoms with Crippen molar-refractivity contribution in [3.05, 3.63) is 76.9 Å². The predicted molar refractivity (Wildman–Crippen MR) is 108 cm³/mol. The maximum Gasteiger partial charge on any atom is 0.256 e. The van der Waals surface area contributed by atoms with Crippen LogP contribution in [0.5, 0.6) is 0 Å². The van der Waals surface area contributed by atoms with Crippen molar-refractivity contribution in [1.29, 1.82) is 0 Å². The van der Waals surface area contributed by atoms with Crippen LogP contribution in [0.4, 0.5) is 5.69 Å². The normalized spacial score (nSPS) is 15.0. The number of rotatable bonds is 1. The van der Waals surface area contributed by atoms with Crippen molar-refractivity contribution >= 4 is 45.0 Å². The number of anilines is 1. The van der Waals surface area contributed by atoms with Gasteiger partial charge in [-0.1, -0.05) is 42.5 Å². The molecule has 26 heavy (non-hydrogen) atoms. The molecule has 4 aromatic rings. The molecule has 2 heterocycles. The first-order chi connectivity index (χ1) is 12.6. The molecule has 5 rings (SSSR count). The second-order valence-electron chi connectivity index (χ2n) is 6.89. The summed E-state index contributed by atoms with van der Waals surface area (Å²) in [4.78, 5) is 16.0. The van der Waals surface area contributed by atoms with Crippen LogP contribution in [0.15, 0.2) is 54.6 Å². The molecular formula is C23H18N2O. The highest BCUT2D eigenvalue weighted by molar-refractivity contribution is 6.35. The zero-order chi connectivity index (χ0) is 17.8. The van der Waals surface area contributed by atoms with E-state index in [1.54, 1.807) is 0 Å². The summed E-state index contributed by atoms with van der Waals surface area (Å²) >= 11 is 0. The fourth-order valence-electron chi connectivity index (χ4n) is 3.98. The summed E-state index contributed by atoms with van der Waals surface area (Å²) in [5, 5.41) is 5.45. The number of benzene rings is 3. The Hall–Kier alpha value is -3.33. The minimum atomic E-state index is -0.0417. The van der Waals surface area contributed by atoms with Crippen molar-refractivity contribution < 1.29 is 4.79 Å². The number of hydrogen-bond donors (Lipinski definition) is 2. The summed E-state index contributed by atoms with van der Waals surface area (Å²) in [6.07, 6.45) is 2.01. The highest BCUT2D eigenvalue weighted by Crippen LogP contribution is 2.36. The number of H-pyrrole nitrogens is 1. The molecule has 1 amide bonds. The summed E-state index contributed by atoms with van der Waals surface area (Å²) in [7, 11) is 0. The van der Waals surface area contributed by atoms with Crippen LogP contribution in [0.1, 0.15) is 22.3 Å². The molecule has 3 nitrogen and oxygen atoms in total. The van der Waals surface area contributed by atoms with Crippen molar-refractivity contribution in [2.75, 3.05) is 5.32 Å². The second kappa shape index (κ2) is 5.33. The van der Waals surface area contributed by atoms with Crippen molar-refractivity contribution in [1.82, 2.24) is 4.98 Å². The lowest BCUT2D eigenvalue weighted by molar-refractivity contribution is -0.110. The number of carbonyl (C=O) groups excluding carboxylic acids is 1. The summed E-state index contributed by atoms with van der Waals surface area (Å²) < 4.78 is 0. The van der Waals surface area contributed by atoms with Crippen molar-refractivity contribution in [3.8, 4) is 0 Å². The summed E-state index contributed by atoms with van der Waals surface area (Å²) in [6.45, 7) is 4.25. The lowest BCUT2D eigenvalue weighted by Gasteiger charge is -2.07. The number of carbonyl (C=O) groups is 1. The third kappa shape index (κ3) is 2.04. The van der Waals surface area contributed by atoms with E-state index in [2.05, 4.69) is 48.4 Å². The van der Waals surface area contributed by atoms with Gasteiger partial charge in [-0.3, -0.25) is 4.79 Å². The zero-order valence-corrected chi connectivity index (χ0v) is 14.7. The molecule has 0 spiro atoms. The molecule has 0 saturated carbocycles. The molecule has 0 atom stereocenters. The largest absolute Gasteiger partial charge is 0.354 e. The average molecular weight is 338 g/mol. The smallest absolute Gasteiger partial charge is 0.256 e. The fraction of sp³-hybridized carbons (Fsp3) is 0.0870. The van der Waals surface area contributed by atoms with E-state index in [4.69, 9.17) is 0 Å². The van der Waals surface area contributed by atoms with E-state index in [9.17, 15) is 4.79 Å². The van der Waals surface area contributed by atoms with Crippen LogP contribution in [-0.4, -0.2) is 10.9 Å². The number of aromatic nitrogens is 1. The second-order valence-corrected chi connectivity index (χ2v) is 6.89. The molecule has 1 aliphatic rings. The molecule has 0 saturated heterocycles. The molecule has 1 aromatic heterocycles. The van der Waals surface area contributed by atoms with E-state index < -0.39 is 0 Å². The highest BCUT2D eigenvalue weighted by Gasteiger charge is 2.24.